The van der Waals surface area contributed by atoms with E-state index in [1.807, 2.05) is 36.4 Å². The maximum Gasteiger partial charge on any atom is 0.303 e. The zero-order valence-corrected chi connectivity index (χ0v) is 12.1. The van der Waals surface area contributed by atoms with Gasteiger partial charge in [-0.25, -0.2) is 0 Å². The van der Waals surface area contributed by atoms with Crippen molar-refractivity contribution in [3.8, 4) is 0 Å². The highest BCUT2D eigenvalue weighted by Crippen LogP contribution is 2.22. The van der Waals surface area contributed by atoms with Gasteiger partial charge in [0.2, 0.25) is 0 Å². The second kappa shape index (κ2) is 8.10. The van der Waals surface area contributed by atoms with Gasteiger partial charge in [0.05, 0.1) is 0 Å². The minimum absolute atomic E-state index is 0.0288. The smallest absolute Gasteiger partial charge is 0.303 e. The molecule has 2 aromatic carbocycles. The molecule has 0 bridgehead atoms. The first-order valence-corrected chi connectivity index (χ1v) is 7.16. The molecule has 0 aromatic heterocycles. The predicted molar refractivity (Wildman–Crippen MR) is 82.8 cm³/mol. The van der Waals surface area contributed by atoms with Crippen molar-refractivity contribution in [3.63, 3.8) is 0 Å². The van der Waals surface area contributed by atoms with Crippen LogP contribution in [0.4, 0.5) is 0 Å². The van der Waals surface area contributed by atoms with E-state index in [2.05, 4.69) is 0 Å². The number of Topliss-reactive ketones (excluding diaryl/α,β-unsaturated/α-hetero) is 1. The molecule has 22 heavy (non-hydrogen) atoms. The maximum absolute atomic E-state index is 12.6. The van der Waals surface area contributed by atoms with Gasteiger partial charge in [0, 0.05) is 18.6 Å². The van der Waals surface area contributed by atoms with E-state index in [0.29, 0.717) is 12.0 Å². The number of carbonyl (C=O) groups is 2. The molecule has 0 unspecified atom stereocenters. The highest BCUT2D eigenvalue weighted by atomic mass is 16.5. The Morgan fingerprint density at radius 3 is 2.14 bits per heavy atom. The van der Waals surface area contributed by atoms with Gasteiger partial charge in [-0.3, -0.25) is 9.59 Å². The number of ether oxygens (including phenoxy) is 1. The Morgan fingerprint density at radius 2 is 1.55 bits per heavy atom. The van der Waals surface area contributed by atoms with E-state index < -0.39 is 12.1 Å². The van der Waals surface area contributed by atoms with Crippen molar-refractivity contribution in [3.05, 3.63) is 71.8 Å². The summed E-state index contributed by atoms with van der Waals surface area (Å²) in [5, 5.41) is 8.66. The van der Waals surface area contributed by atoms with Crippen LogP contribution < -0.4 is 0 Å². The molecule has 0 aliphatic carbocycles. The van der Waals surface area contributed by atoms with Crippen LogP contribution in [0.2, 0.25) is 0 Å². The Labute approximate surface area is 129 Å². The van der Waals surface area contributed by atoms with Crippen molar-refractivity contribution in [2.45, 2.75) is 18.9 Å². The average Bonchev–Trinajstić information content (AvgIpc) is 2.56. The molecule has 0 heterocycles. The first kappa shape index (κ1) is 15.9. The van der Waals surface area contributed by atoms with Gasteiger partial charge >= 0.3 is 5.97 Å². The average molecular weight is 298 g/mol. The zero-order valence-electron chi connectivity index (χ0n) is 12.1. The lowest BCUT2D eigenvalue weighted by Gasteiger charge is -2.17. The van der Waals surface area contributed by atoms with Gasteiger partial charge in [0.1, 0.15) is 6.10 Å². The summed E-state index contributed by atoms with van der Waals surface area (Å²) in [5.41, 5.74) is 1.35. The molecule has 4 heteroatoms. The van der Waals surface area contributed by atoms with Gasteiger partial charge < -0.3 is 9.84 Å². The molecule has 0 amide bonds. The van der Waals surface area contributed by atoms with Crippen LogP contribution in [0, 0.1) is 0 Å². The fourth-order valence-corrected chi connectivity index (χ4v) is 2.13. The minimum atomic E-state index is -0.866. The van der Waals surface area contributed by atoms with Crippen molar-refractivity contribution in [2.75, 3.05) is 6.61 Å². The normalized spacial score (nSPS) is 11.8. The fourth-order valence-electron chi connectivity index (χ4n) is 2.13. The lowest BCUT2D eigenvalue weighted by Crippen LogP contribution is -2.17. The number of carboxylic acid groups (broad SMARTS) is 1. The molecule has 0 spiro atoms. The van der Waals surface area contributed by atoms with E-state index in [4.69, 9.17) is 9.84 Å². The fraction of sp³-hybridized carbons (Fsp3) is 0.222. The van der Waals surface area contributed by atoms with E-state index in [-0.39, 0.29) is 18.8 Å². The van der Waals surface area contributed by atoms with Crippen LogP contribution in [0.3, 0.4) is 0 Å². The Hall–Kier alpha value is -2.46. The summed E-state index contributed by atoms with van der Waals surface area (Å²) in [5.74, 6) is -0.989. The summed E-state index contributed by atoms with van der Waals surface area (Å²) in [6, 6.07) is 18.2. The molecule has 0 aliphatic rings. The van der Waals surface area contributed by atoms with Crippen LogP contribution in [0.5, 0.6) is 0 Å². The molecule has 0 saturated heterocycles. The molecule has 0 aliphatic heterocycles. The summed E-state index contributed by atoms with van der Waals surface area (Å²) in [6.45, 7) is 0.227. The van der Waals surface area contributed by atoms with Crippen molar-refractivity contribution in [2.24, 2.45) is 0 Å². The number of aliphatic carboxylic acids is 1. The van der Waals surface area contributed by atoms with Crippen LogP contribution in [0.15, 0.2) is 60.7 Å². The SMILES string of the molecule is O=C(O)CCCO[C@@H](C(=O)c1ccccc1)c1ccccc1. The summed E-state index contributed by atoms with van der Waals surface area (Å²) in [6.07, 6.45) is -0.306. The lowest BCUT2D eigenvalue weighted by atomic mass is 10.00. The van der Waals surface area contributed by atoms with Crippen LogP contribution in [-0.4, -0.2) is 23.5 Å². The third-order valence-electron chi connectivity index (χ3n) is 3.22. The summed E-state index contributed by atoms with van der Waals surface area (Å²) in [4.78, 5) is 23.2. The van der Waals surface area contributed by atoms with Crippen LogP contribution in [-0.2, 0) is 9.53 Å². The number of ketones is 1. The first-order chi connectivity index (χ1) is 10.7. The Morgan fingerprint density at radius 1 is 0.955 bits per heavy atom. The summed E-state index contributed by atoms with van der Waals surface area (Å²) < 4.78 is 5.68. The number of carboxylic acids is 1. The number of rotatable bonds is 8. The van der Waals surface area contributed by atoms with E-state index in [9.17, 15) is 9.59 Å². The Bertz CT molecular complexity index is 607. The number of benzene rings is 2. The second-order valence-electron chi connectivity index (χ2n) is 4.89. The minimum Gasteiger partial charge on any atom is -0.481 e. The second-order valence-corrected chi connectivity index (χ2v) is 4.89. The third kappa shape index (κ3) is 4.53. The van der Waals surface area contributed by atoms with Crippen LogP contribution in [0.25, 0.3) is 0 Å². The molecule has 2 rings (SSSR count). The molecule has 0 saturated carbocycles. The van der Waals surface area contributed by atoms with E-state index >= 15 is 0 Å². The van der Waals surface area contributed by atoms with Gasteiger partial charge in [-0.05, 0) is 12.0 Å². The van der Waals surface area contributed by atoms with Crippen molar-refractivity contribution in [1.29, 1.82) is 0 Å². The lowest BCUT2D eigenvalue weighted by molar-refractivity contribution is -0.137. The van der Waals surface area contributed by atoms with Gasteiger partial charge in [-0.2, -0.15) is 0 Å². The summed E-state index contributed by atoms with van der Waals surface area (Å²) in [7, 11) is 0. The molecule has 0 fully saturated rings. The highest BCUT2D eigenvalue weighted by Gasteiger charge is 2.22. The van der Waals surface area contributed by atoms with Crippen molar-refractivity contribution >= 4 is 11.8 Å². The maximum atomic E-state index is 12.6. The van der Waals surface area contributed by atoms with Crippen LogP contribution in [0.1, 0.15) is 34.9 Å². The molecule has 0 radical (unpaired) electrons. The zero-order chi connectivity index (χ0) is 15.8. The molecular weight excluding hydrogens is 280 g/mol. The molecule has 4 nitrogen and oxygen atoms in total. The standard InChI is InChI=1S/C18H18O4/c19-16(20)12-7-13-22-18(15-10-5-2-6-11-15)17(21)14-8-3-1-4-9-14/h1-6,8-11,18H,7,12-13H2,(H,19,20)/t18-/m1/s1. The summed E-state index contributed by atoms with van der Waals surface area (Å²) >= 11 is 0. The van der Waals surface area contributed by atoms with E-state index in [1.54, 1.807) is 24.3 Å². The molecular formula is C18H18O4. The number of hydrogen-bond acceptors (Lipinski definition) is 3. The van der Waals surface area contributed by atoms with Gasteiger partial charge in [-0.15, -0.1) is 0 Å². The highest BCUT2D eigenvalue weighted by molar-refractivity contribution is 6.00. The topological polar surface area (TPSA) is 63.6 Å². The largest absolute Gasteiger partial charge is 0.481 e. The molecule has 1 atom stereocenters. The number of hydrogen-bond donors (Lipinski definition) is 1. The van der Waals surface area contributed by atoms with Gasteiger partial charge in [0.25, 0.3) is 0 Å². The first-order valence-electron chi connectivity index (χ1n) is 7.16. The molecule has 2 aromatic rings. The Kier molecular flexibility index (Phi) is 5.86. The predicted octanol–water partition coefficient (Wildman–Crippen LogP) is 3.49. The Balaban J connectivity index is 2.11. The van der Waals surface area contributed by atoms with Crippen molar-refractivity contribution in [1.82, 2.24) is 0 Å². The van der Waals surface area contributed by atoms with Crippen LogP contribution >= 0.6 is 0 Å². The van der Waals surface area contributed by atoms with E-state index in [1.165, 1.54) is 0 Å². The van der Waals surface area contributed by atoms with Crippen molar-refractivity contribution < 1.29 is 19.4 Å². The van der Waals surface area contributed by atoms with E-state index in [0.717, 1.165) is 5.56 Å². The quantitative estimate of drug-likeness (QED) is 0.598. The third-order valence-corrected chi connectivity index (χ3v) is 3.22. The molecule has 1 N–H and O–H groups in total. The van der Waals surface area contributed by atoms with Gasteiger partial charge in [-0.1, -0.05) is 60.7 Å². The van der Waals surface area contributed by atoms with Gasteiger partial charge in [0.15, 0.2) is 5.78 Å². The molecule has 114 valence electrons. The number of carbonyl (C=O) groups excluding carboxylic acids is 1. The monoisotopic (exact) mass is 298 g/mol.